The molecule has 0 spiro atoms. The van der Waals surface area contributed by atoms with Crippen molar-refractivity contribution >= 4 is 5.82 Å². The summed E-state index contributed by atoms with van der Waals surface area (Å²) in [5.74, 6) is 0.722. The van der Waals surface area contributed by atoms with E-state index in [-0.39, 0.29) is 5.41 Å². The maximum Gasteiger partial charge on any atom is 0.230 e. The van der Waals surface area contributed by atoms with Gasteiger partial charge in [-0.15, -0.1) is 0 Å². The predicted octanol–water partition coefficient (Wildman–Crippen LogP) is 3.16. The van der Waals surface area contributed by atoms with Crippen molar-refractivity contribution in [3.05, 3.63) is 29.2 Å². The van der Waals surface area contributed by atoms with Crippen LogP contribution in [0.4, 0.5) is 5.82 Å². The van der Waals surface area contributed by atoms with Crippen LogP contribution in [0.3, 0.4) is 0 Å². The highest BCUT2D eigenvalue weighted by molar-refractivity contribution is 5.40. The largest absolute Gasteiger partial charge is 0.364 e. The van der Waals surface area contributed by atoms with Crippen LogP contribution in [0, 0.1) is 12.0 Å². The smallest absolute Gasteiger partial charge is 0.230 e. The number of nitrogens with zero attached hydrogens (tertiary/aromatic N) is 2. The van der Waals surface area contributed by atoms with Gasteiger partial charge in [-0.1, -0.05) is 27.3 Å². The van der Waals surface area contributed by atoms with Gasteiger partial charge in [-0.3, -0.25) is 4.57 Å². The van der Waals surface area contributed by atoms with Crippen LogP contribution in [0.25, 0.3) is 4.85 Å². The molecule has 2 nitrogen and oxygen atoms in total. The van der Waals surface area contributed by atoms with Crippen LogP contribution in [0.15, 0.2) is 12.1 Å². The molecule has 0 saturated heterocycles. The van der Waals surface area contributed by atoms with E-state index in [1.54, 1.807) is 0 Å². The Morgan fingerprint density at radius 2 is 2.00 bits per heavy atom. The molecule has 2 heteroatoms. The van der Waals surface area contributed by atoms with Crippen LogP contribution in [0.5, 0.6) is 0 Å². The lowest BCUT2D eigenvalue weighted by molar-refractivity contribution is 0.401. The first kappa shape index (κ1) is 9.85. The summed E-state index contributed by atoms with van der Waals surface area (Å²) >= 11 is 0. The first-order chi connectivity index (χ1) is 5.94. The maximum absolute atomic E-state index is 6.93. The number of hydrogen-bond acceptors (Lipinski definition) is 0. The first-order valence-electron chi connectivity index (χ1n) is 4.46. The van der Waals surface area contributed by atoms with E-state index in [4.69, 9.17) is 6.57 Å². The van der Waals surface area contributed by atoms with E-state index in [0.29, 0.717) is 0 Å². The quantitative estimate of drug-likeness (QED) is 0.581. The van der Waals surface area contributed by atoms with Crippen LogP contribution in [-0.4, -0.2) is 4.57 Å². The summed E-state index contributed by atoms with van der Waals surface area (Å²) in [6.07, 6.45) is 1.01. The summed E-state index contributed by atoms with van der Waals surface area (Å²) in [4.78, 5) is 3.43. The highest BCUT2D eigenvalue weighted by Gasteiger charge is 2.16. The lowest BCUT2D eigenvalue weighted by Crippen LogP contribution is -2.11. The van der Waals surface area contributed by atoms with Gasteiger partial charge in [0.05, 0.1) is 12.7 Å². The van der Waals surface area contributed by atoms with Crippen LogP contribution in [0.2, 0.25) is 0 Å². The maximum atomic E-state index is 6.93. The Kier molecular flexibility index (Phi) is 2.47. The van der Waals surface area contributed by atoms with Crippen LogP contribution in [-0.2, 0) is 13.5 Å². The van der Waals surface area contributed by atoms with E-state index in [2.05, 4.69) is 25.6 Å². The first-order valence-corrected chi connectivity index (χ1v) is 4.46. The molecule has 0 bridgehead atoms. The third-order valence-corrected chi connectivity index (χ3v) is 2.03. The Hall–Kier alpha value is -1.23. The van der Waals surface area contributed by atoms with Crippen molar-refractivity contribution in [2.75, 3.05) is 0 Å². The summed E-state index contributed by atoms with van der Waals surface area (Å²) in [6, 6.07) is 3.92. The molecule has 13 heavy (non-hydrogen) atoms. The molecule has 0 aliphatic rings. The summed E-state index contributed by atoms with van der Waals surface area (Å²) in [6.45, 7) is 13.6. The summed E-state index contributed by atoms with van der Waals surface area (Å²) in [5.41, 5.74) is 1.52. The Labute approximate surface area is 80.0 Å². The molecule has 70 valence electrons. The Morgan fingerprint density at radius 1 is 1.38 bits per heavy atom. The minimum atomic E-state index is 0.283. The van der Waals surface area contributed by atoms with Crippen molar-refractivity contribution in [2.45, 2.75) is 27.2 Å². The lowest BCUT2D eigenvalue weighted by atomic mass is 9.91. The van der Waals surface area contributed by atoms with Gasteiger partial charge in [-0.2, -0.15) is 0 Å². The molecule has 0 unspecified atom stereocenters. The van der Waals surface area contributed by atoms with Gasteiger partial charge in [-0.25, -0.2) is 0 Å². The van der Waals surface area contributed by atoms with E-state index in [0.717, 1.165) is 12.2 Å². The van der Waals surface area contributed by atoms with Crippen LogP contribution >= 0.6 is 0 Å². The molecule has 0 N–H and O–H groups in total. The minimum absolute atomic E-state index is 0.283. The second-order valence-corrected chi connectivity index (χ2v) is 4.59. The average molecular weight is 176 g/mol. The summed E-state index contributed by atoms with van der Waals surface area (Å²) in [7, 11) is 1.95. The van der Waals surface area contributed by atoms with Gasteiger partial charge in [0.2, 0.25) is 5.82 Å². The molecule has 0 radical (unpaired) electrons. The van der Waals surface area contributed by atoms with E-state index >= 15 is 0 Å². The molecular formula is C11H16N2. The topological polar surface area (TPSA) is 9.29 Å². The average Bonchev–Trinajstić information content (AvgIpc) is 2.30. The van der Waals surface area contributed by atoms with Crippen molar-refractivity contribution < 1.29 is 0 Å². The van der Waals surface area contributed by atoms with Gasteiger partial charge in [0.1, 0.15) is 0 Å². The van der Waals surface area contributed by atoms with E-state index < -0.39 is 0 Å². The molecule has 0 amide bonds. The molecule has 1 aromatic rings. The highest BCUT2D eigenvalue weighted by atomic mass is 15.0. The van der Waals surface area contributed by atoms with Crippen molar-refractivity contribution in [1.82, 2.24) is 4.57 Å². The third kappa shape index (κ3) is 2.35. The fraction of sp³-hybridized carbons (Fsp3) is 0.545. The zero-order valence-corrected chi connectivity index (χ0v) is 8.76. The van der Waals surface area contributed by atoms with Crippen molar-refractivity contribution in [1.29, 1.82) is 0 Å². The molecule has 1 aromatic heterocycles. The molecule has 0 aromatic carbocycles. The Morgan fingerprint density at radius 3 is 2.38 bits per heavy atom. The number of aromatic nitrogens is 1. The third-order valence-electron chi connectivity index (χ3n) is 2.03. The summed E-state index contributed by atoms with van der Waals surface area (Å²) < 4.78 is 1.97. The monoisotopic (exact) mass is 176 g/mol. The normalized spacial score (nSPS) is 11.3. The van der Waals surface area contributed by atoms with Crippen molar-refractivity contribution in [3.63, 3.8) is 0 Å². The van der Waals surface area contributed by atoms with Gasteiger partial charge < -0.3 is 4.85 Å². The fourth-order valence-corrected chi connectivity index (χ4v) is 1.37. The second-order valence-electron chi connectivity index (χ2n) is 4.59. The van der Waals surface area contributed by atoms with E-state index in [1.807, 2.05) is 23.7 Å². The van der Waals surface area contributed by atoms with Gasteiger partial charge in [0.25, 0.3) is 0 Å². The highest BCUT2D eigenvalue weighted by Crippen LogP contribution is 2.24. The fourth-order valence-electron chi connectivity index (χ4n) is 1.37. The Bertz CT molecular complexity index is 334. The lowest BCUT2D eigenvalue weighted by Gasteiger charge is -2.16. The molecule has 0 fully saturated rings. The van der Waals surface area contributed by atoms with Crippen LogP contribution < -0.4 is 0 Å². The molecule has 0 saturated carbocycles. The SMILES string of the molecule is [C-]#[N+]c1ccc(CC(C)(C)C)n1C. The predicted molar refractivity (Wildman–Crippen MR) is 54.8 cm³/mol. The van der Waals surface area contributed by atoms with Gasteiger partial charge in [0, 0.05) is 6.42 Å². The molecule has 1 rings (SSSR count). The zero-order chi connectivity index (χ0) is 10.1. The number of hydrogen-bond donors (Lipinski definition) is 0. The molecule has 0 aliphatic carbocycles. The molecule has 0 atom stereocenters. The molecular weight excluding hydrogens is 160 g/mol. The van der Waals surface area contributed by atoms with Crippen LogP contribution in [0.1, 0.15) is 26.5 Å². The number of rotatable bonds is 1. The zero-order valence-electron chi connectivity index (χ0n) is 8.76. The summed E-state index contributed by atoms with van der Waals surface area (Å²) in [5, 5.41) is 0. The minimum Gasteiger partial charge on any atom is -0.364 e. The second kappa shape index (κ2) is 3.26. The van der Waals surface area contributed by atoms with E-state index in [1.165, 1.54) is 5.69 Å². The van der Waals surface area contributed by atoms with Gasteiger partial charge in [-0.05, 0) is 17.5 Å². The van der Waals surface area contributed by atoms with Gasteiger partial charge >= 0.3 is 0 Å². The van der Waals surface area contributed by atoms with Gasteiger partial charge in [0.15, 0.2) is 0 Å². The Balaban J connectivity index is 2.93. The standard InChI is InChI=1S/C11H16N2/c1-11(2,3)8-9-6-7-10(12-4)13(9)5/h6-7H,8H2,1-3,5H3. The van der Waals surface area contributed by atoms with Crippen molar-refractivity contribution in [3.8, 4) is 0 Å². The van der Waals surface area contributed by atoms with E-state index in [9.17, 15) is 0 Å². The molecule has 0 aliphatic heterocycles. The molecule has 1 heterocycles. The van der Waals surface area contributed by atoms with Crippen molar-refractivity contribution in [2.24, 2.45) is 12.5 Å².